The van der Waals surface area contributed by atoms with E-state index in [1.54, 1.807) is 6.20 Å². The monoisotopic (exact) mass is 314 g/mol. The number of ether oxygens (including phenoxy) is 1. The molecule has 0 unspecified atom stereocenters. The zero-order chi connectivity index (χ0) is 13.8. The maximum Gasteiger partial charge on any atom is 0.308 e. The van der Waals surface area contributed by atoms with Gasteiger partial charge in [-0.15, -0.1) is 0 Å². The number of hydrogen-bond acceptors (Lipinski definition) is 4. The van der Waals surface area contributed by atoms with Gasteiger partial charge in [0, 0.05) is 17.2 Å². The summed E-state index contributed by atoms with van der Waals surface area (Å²) in [6, 6.07) is 1.94. The second-order valence-electron chi connectivity index (χ2n) is 5.05. The van der Waals surface area contributed by atoms with Crippen LogP contribution in [0.1, 0.15) is 32.9 Å². The molecule has 100 valence electrons. The van der Waals surface area contributed by atoms with Crippen LogP contribution in [0.4, 0.5) is 5.69 Å². The Hall–Kier alpha value is -1.10. The molecular formula is C13H19BrN2O2. The summed E-state index contributed by atoms with van der Waals surface area (Å²) in [6.45, 7) is 8.04. The van der Waals surface area contributed by atoms with Crippen molar-refractivity contribution in [2.45, 2.75) is 39.7 Å². The van der Waals surface area contributed by atoms with Gasteiger partial charge in [-0.25, -0.2) is 0 Å². The Morgan fingerprint density at radius 3 is 2.78 bits per heavy atom. The van der Waals surface area contributed by atoms with Crippen LogP contribution in [0.2, 0.25) is 0 Å². The topological polar surface area (TPSA) is 51.2 Å². The fraction of sp³-hybridized carbons (Fsp3) is 0.538. The first-order valence-corrected chi connectivity index (χ1v) is 6.65. The molecule has 0 saturated heterocycles. The molecule has 0 aromatic carbocycles. The Morgan fingerprint density at radius 1 is 1.50 bits per heavy atom. The number of carbonyl (C=O) groups is 1. The van der Waals surface area contributed by atoms with Crippen LogP contribution in [0, 0.1) is 6.92 Å². The van der Waals surface area contributed by atoms with Crippen molar-refractivity contribution in [2.75, 3.05) is 11.9 Å². The highest BCUT2D eigenvalue weighted by Crippen LogP contribution is 2.18. The number of aromatic nitrogens is 1. The number of nitrogens with zero attached hydrogens (tertiary/aromatic N) is 1. The molecule has 1 N–H and O–H groups in total. The highest BCUT2D eigenvalue weighted by Gasteiger charge is 2.15. The van der Waals surface area contributed by atoms with Crippen LogP contribution in [0.5, 0.6) is 0 Å². The molecule has 18 heavy (non-hydrogen) atoms. The predicted molar refractivity (Wildman–Crippen MR) is 75.6 cm³/mol. The molecule has 1 heterocycles. The normalized spacial score (nSPS) is 11.2. The molecule has 0 fully saturated rings. The zero-order valence-electron chi connectivity index (χ0n) is 11.2. The Kier molecular flexibility index (Phi) is 5.14. The molecule has 0 aliphatic carbocycles. The van der Waals surface area contributed by atoms with Gasteiger partial charge < -0.3 is 10.1 Å². The molecule has 0 amide bonds. The lowest BCUT2D eigenvalue weighted by Crippen LogP contribution is -2.25. The van der Waals surface area contributed by atoms with Crippen molar-refractivity contribution >= 4 is 27.6 Å². The molecule has 5 heteroatoms. The molecule has 0 saturated carbocycles. The van der Waals surface area contributed by atoms with E-state index >= 15 is 0 Å². The predicted octanol–water partition coefficient (Wildman–Crippen LogP) is 3.30. The standard InChI is InChI=1S/C13H19BrN2O2/c1-9-11(7-10(14)8-16-9)15-6-5-12(17)18-13(2,3)4/h7-8,15H,5-6H2,1-4H3. The lowest BCUT2D eigenvalue weighted by molar-refractivity contribution is -0.154. The number of carbonyl (C=O) groups excluding carboxylic acids is 1. The second-order valence-corrected chi connectivity index (χ2v) is 5.97. The van der Waals surface area contributed by atoms with Gasteiger partial charge in [0.05, 0.1) is 17.8 Å². The minimum absolute atomic E-state index is 0.199. The highest BCUT2D eigenvalue weighted by molar-refractivity contribution is 9.10. The molecule has 1 aromatic heterocycles. The lowest BCUT2D eigenvalue weighted by Gasteiger charge is -2.19. The minimum Gasteiger partial charge on any atom is -0.460 e. The summed E-state index contributed by atoms with van der Waals surface area (Å²) in [5, 5.41) is 3.18. The Bertz CT molecular complexity index is 427. The van der Waals surface area contributed by atoms with Crippen LogP contribution in [0.25, 0.3) is 0 Å². The maximum absolute atomic E-state index is 11.5. The SMILES string of the molecule is Cc1ncc(Br)cc1NCCC(=O)OC(C)(C)C. The van der Waals surface area contributed by atoms with Gasteiger partial charge in [-0.05, 0) is 49.7 Å². The molecule has 0 atom stereocenters. The fourth-order valence-electron chi connectivity index (χ4n) is 1.38. The highest BCUT2D eigenvalue weighted by atomic mass is 79.9. The van der Waals surface area contributed by atoms with E-state index in [9.17, 15) is 4.79 Å². The number of esters is 1. The first-order valence-electron chi connectivity index (χ1n) is 5.86. The number of hydrogen-bond donors (Lipinski definition) is 1. The number of aryl methyl sites for hydroxylation is 1. The van der Waals surface area contributed by atoms with Gasteiger partial charge in [-0.3, -0.25) is 9.78 Å². The van der Waals surface area contributed by atoms with Crippen molar-refractivity contribution in [1.82, 2.24) is 4.98 Å². The van der Waals surface area contributed by atoms with Crippen molar-refractivity contribution < 1.29 is 9.53 Å². The van der Waals surface area contributed by atoms with Crippen molar-refractivity contribution in [3.05, 3.63) is 22.4 Å². The lowest BCUT2D eigenvalue weighted by atomic mass is 10.2. The van der Waals surface area contributed by atoms with E-state index in [0.717, 1.165) is 15.9 Å². The van der Waals surface area contributed by atoms with Crippen molar-refractivity contribution in [3.8, 4) is 0 Å². The van der Waals surface area contributed by atoms with Crippen LogP contribution in [0.15, 0.2) is 16.7 Å². The molecule has 0 radical (unpaired) electrons. The van der Waals surface area contributed by atoms with Gasteiger partial charge in [0.2, 0.25) is 0 Å². The zero-order valence-corrected chi connectivity index (χ0v) is 12.8. The first kappa shape index (κ1) is 15.0. The van der Waals surface area contributed by atoms with Gasteiger partial charge in [0.15, 0.2) is 0 Å². The van der Waals surface area contributed by atoms with E-state index in [1.807, 2.05) is 33.8 Å². The van der Waals surface area contributed by atoms with E-state index in [1.165, 1.54) is 0 Å². The summed E-state index contributed by atoms with van der Waals surface area (Å²) in [6.07, 6.45) is 2.08. The molecule has 1 aromatic rings. The molecular weight excluding hydrogens is 296 g/mol. The summed E-state index contributed by atoms with van der Waals surface area (Å²) in [7, 11) is 0. The van der Waals surface area contributed by atoms with Gasteiger partial charge in [0.25, 0.3) is 0 Å². The maximum atomic E-state index is 11.5. The molecule has 0 aliphatic heterocycles. The molecule has 0 bridgehead atoms. The average Bonchev–Trinajstić information content (AvgIpc) is 2.20. The number of halogens is 1. The summed E-state index contributed by atoms with van der Waals surface area (Å²) in [5.74, 6) is -0.199. The van der Waals surface area contributed by atoms with Gasteiger partial charge >= 0.3 is 5.97 Å². The second kappa shape index (κ2) is 6.18. The Labute approximate surface area is 116 Å². The Balaban J connectivity index is 2.42. The molecule has 4 nitrogen and oxygen atoms in total. The third-order valence-electron chi connectivity index (χ3n) is 2.12. The average molecular weight is 315 g/mol. The van der Waals surface area contributed by atoms with Crippen LogP contribution >= 0.6 is 15.9 Å². The summed E-state index contributed by atoms with van der Waals surface area (Å²) >= 11 is 3.36. The van der Waals surface area contributed by atoms with E-state index < -0.39 is 5.60 Å². The van der Waals surface area contributed by atoms with Crippen LogP contribution < -0.4 is 5.32 Å². The number of nitrogens with one attached hydrogen (secondary N) is 1. The molecule has 0 spiro atoms. The molecule has 1 rings (SSSR count). The quantitative estimate of drug-likeness (QED) is 0.866. The van der Waals surface area contributed by atoms with Gasteiger partial charge in [-0.2, -0.15) is 0 Å². The summed E-state index contributed by atoms with van der Waals surface area (Å²) in [5.41, 5.74) is 1.40. The van der Waals surface area contributed by atoms with Crippen molar-refractivity contribution in [2.24, 2.45) is 0 Å². The third-order valence-corrected chi connectivity index (χ3v) is 2.55. The largest absolute Gasteiger partial charge is 0.460 e. The first-order chi connectivity index (χ1) is 8.28. The number of pyridine rings is 1. The van der Waals surface area contributed by atoms with Crippen molar-refractivity contribution in [3.63, 3.8) is 0 Å². The van der Waals surface area contributed by atoms with Crippen LogP contribution in [-0.2, 0) is 9.53 Å². The van der Waals surface area contributed by atoms with E-state index in [-0.39, 0.29) is 5.97 Å². The van der Waals surface area contributed by atoms with E-state index in [4.69, 9.17) is 4.74 Å². The van der Waals surface area contributed by atoms with Crippen LogP contribution in [0.3, 0.4) is 0 Å². The number of anilines is 1. The third kappa shape index (κ3) is 5.49. The minimum atomic E-state index is -0.426. The summed E-state index contributed by atoms with van der Waals surface area (Å²) < 4.78 is 6.14. The van der Waals surface area contributed by atoms with E-state index in [0.29, 0.717) is 13.0 Å². The van der Waals surface area contributed by atoms with Gasteiger partial charge in [0.1, 0.15) is 5.60 Å². The fourth-order valence-corrected chi connectivity index (χ4v) is 1.71. The molecule has 0 aliphatic rings. The Morgan fingerprint density at radius 2 is 2.17 bits per heavy atom. The van der Waals surface area contributed by atoms with Crippen molar-refractivity contribution in [1.29, 1.82) is 0 Å². The van der Waals surface area contributed by atoms with E-state index in [2.05, 4.69) is 26.2 Å². The smallest absolute Gasteiger partial charge is 0.308 e. The number of rotatable bonds is 4. The van der Waals surface area contributed by atoms with Gasteiger partial charge in [-0.1, -0.05) is 0 Å². The van der Waals surface area contributed by atoms with Crippen LogP contribution in [-0.4, -0.2) is 23.1 Å². The summed E-state index contributed by atoms with van der Waals surface area (Å²) in [4.78, 5) is 15.7.